The molecule has 1 rings (SSSR count). The molecule has 0 fully saturated rings. The SMILES string of the molecule is Cc1csc(CC(O)CC(C)CC(C)(C)C)n1. The predicted molar refractivity (Wildman–Crippen MR) is 74.4 cm³/mol. The van der Waals surface area contributed by atoms with E-state index in [2.05, 4.69) is 32.7 Å². The summed E-state index contributed by atoms with van der Waals surface area (Å²) in [6.45, 7) is 11.0. The quantitative estimate of drug-likeness (QED) is 0.867. The number of aliphatic hydroxyl groups excluding tert-OH is 1. The second-order valence-corrected chi connectivity index (χ2v) is 7.29. The lowest BCUT2D eigenvalue weighted by Crippen LogP contribution is -2.18. The minimum atomic E-state index is -0.252. The molecule has 2 atom stereocenters. The topological polar surface area (TPSA) is 33.1 Å². The van der Waals surface area contributed by atoms with Crippen molar-refractivity contribution in [3.8, 4) is 0 Å². The van der Waals surface area contributed by atoms with Crippen molar-refractivity contribution < 1.29 is 5.11 Å². The number of rotatable bonds is 5. The Morgan fingerprint density at radius 1 is 1.41 bits per heavy atom. The lowest BCUT2D eigenvalue weighted by Gasteiger charge is -2.24. The van der Waals surface area contributed by atoms with Gasteiger partial charge in [0.05, 0.1) is 11.1 Å². The molecule has 0 aliphatic carbocycles. The van der Waals surface area contributed by atoms with Gasteiger partial charge in [-0.1, -0.05) is 27.7 Å². The third-order valence-corrected chi connectivity index (χ3v) is 3.70. The van der Waals surface area contributed by atoms with Crippen LogP contribution in [0.25, 0.3) is 0 Å². The molecule has 2 unspecified atom stereocenters. The van der Waals surface area contributed by atoms with Crippen LogP contribution in [0, 0.1) is 18.3 Å². The summed E-state index contributed by atoms with van der Waals surface area (Å²) in [6.07, 6.45) is 2.47. The molecule has 17 heavy (non-hydrogen) atoms. The molecule has 0 saturated heterocycles. The highest BCUT2D eigenvalue weighted by Gasteiger charge is 2.18. The fraction of sp³-hybridized carbons (Fsp3) is 0.786. The van der Waals surface area contributed by atoms with E-state index in [-0.39, 0.29) is 6.10 Å². The Hall–Kier alpha value is -0.410. The van der Waals surface area contributed by atoms with E-state index in [4.69, 9.17) is 0 Å². The van der Waals surface area contributed by atoms with E-state index in [0.717, 1.165) is 23.5 Å². The van der Waals surface area contributed by atoms with Crippen LogP contribution in [-0.2, 0) is 6.42 Å². The Bertz CT molecular complexity index is 340. The molecule has 0 aliphatic heterocycles. The molecule has 1 heterocycles. The monoisotopic (exact) mass is 255 g/mol. The molecule has 1 aromatic heterocycles. The molecule has 0 spiro atoms. The Balaban J connectivity index is 2.36. The summed E-state index contributed by atoms with van der Waals surface area (Å²) in [7, 11) is 0. The fourth-order valence-corrected chi connectivity index (χ4v) is 3.22. The Kier molecular flexibility index (Phi) is 5.14. The number of hydrogen-bond acceptors (Lipinski definition) is 3. The summed E-state index contributed by atoms with van der Waals surface area (Å²) in [5, 5.41) is 13.1. The minimum absolute atomic E-state index is 0.252. The lowest BCUT2D eigenvalue weighted by molar-refractivity contribution is 0.133. The fourth-order valence-electron chi connectivity index (χ4n) is 2.37. The van der Waals surface area contributed by atoms with E-state index in [0.29, 0.717) is 17.8 Å². The minimum Gasteiger partial charge on any atom is -0.393 e. The van der Waals surface area contributed by atoms with Crippen molar-refractivity contribution in [3.63, 3.8) is 0 Å². The van der Waals surface area contributed by atoms with Gasteiger partial charge in [-0.15, -0.1) is 11.3 Å². The number of aliphatic hydroxyl groups is 1. The van der Waals surface area contributed by atoms with Gasteiger partial charge in [0.2, 0.25) is 0 Å². The molecular formula is C14H25NOS. The molecule has 1 aromatic rings. The van der Waals surface area contributed by atoms with Gasteiger partial charge in [0.25, 0.3) is 0 Å². The van der Waals surface area contributed by atoms with Gasteiger partial charge in [-0.2, -0.15) is 0 Å². The maximum Gasteiger partial charge on any atom is 0.0953 e. The first-order chi connectivity index (χ1) is 7.76. The van der Waals surface area contributed by atoms with Gasteiger partial charge in [0.15, 0.2) is 0 Å². The second kappa shape index (κ2) is 5.96. The van der Waals surface area contributed by atoms with E-state index in [1.54, 1.807) is 11.3 Å². The van der Waals surface area contributed by atoms with E-state index < -0.39 is 0 Å². The molecule has 0 aliphatic rings. The van der Waals surface area contributed by atoms with Crippen LogP contribution in [0.2, 0.25) is 0 Å². The van der Waals surface area contributed by atoms with Gasteiger partial charge in [-0.3, -0.25) is 0 Å². The molecule has 0 amide bonds. The van der Waals surface area contributed by atoms with E-state index in [9.17, 15) is 5.11 Å². The Morgan fingerprint density at radius 3 is 2.53 bits per heavy atom. The van der Waals surface area contributed by atoms with Gasteiger partial charge < -0.3 is 5.11 Å². The molecule has 0 radical (unpaired) electrons. The highest BCUT2D eigenvalue weighted by atomic mass is 32.1. The summed E-state index contributed by atoms with van der Waals surface area (Å²) < 4.78 is 0. The standard InChI is InChI=1S/C14H25NOS/c1-10(8-14(3,4)5)6-12(16)7-13-15-11(2)9-17-13/h9-10,12,16H,6-8H2,1-5H3. The van der Waals surface area contributed by atoms with Gasteiger partial charge in [-0.05, 0) is 31.1 Å². The number of aryl methyl sites for hydroxylation is 1. The molecule has 1 N–H and O–H groups in total. The Morgan fingerprint density at radius 2 is 2.06 bits per heavy atom. The van der Waals surface area contributed by atoms with Crippen molar-refractivity contribution in [1.82, 2.24) is 4.98 Å². The average molecular weight is 255 g/mol. The first-order valence-electron chi connectivity index (χ1n) is 6.35. The van der Waals surface area contributed by atoms with Gasteiger partial charge in [0, 0.05) is 17.5 Å². The number of aromatic nitrogens is 1. The van der Waals surface area contributed by atoms with Crippen LogP contribution in [-0.4, -0.2) is 16.2 Å². The van der Waals surface area contributed by atoms with Crippen molar-refractivity contribution in [2.75, 3.05) is 0 Å². The van der Waals surface area contributed by atoms with Crippen LogP contribution in [0.5, 0.6) is 0 Å². The van der Waals surface area contributed by atoms with Gasteiger partial charge in [0.1, 0.15) is 0 Å². The summed E-state index contributed by atoms with van der Waals surface area (Å²) in [4.78, 5) is 4.39. The Labute approximate surface area is 109 Å². The van der Waals surface area contributed by atoms with Crippen molar-refractivity contribution >= 4 is 11.3 Å². The maximum absolute atomic E-state index is 10.0. The van der Waals surface area contributed by atoms with Crippen molar-refractivity contribution in [3.05, 3.63) is 16.1 Å². The maximum atomic E-state index is 10.0. The summed E-state index contributed by atoms with van der Waals surface area (Å²) in [6, 6.07) is 0. The van der Waals surface area contributed by atoms with Crippen LogP contribution in [0.4, 0.5) is 0 Å². The van der Waals surface area contributed by atoms with Crippen LogP contribution >= 0.6 is 11.3 Å². The number of thiazole rings is 1. The lowest BCUT2D eigenvalue weighted by atomic mass is 9.83. The van der Waals surface area contributed by atoms with Gasteiger partial charge in [-0.25, -0.2) is 4.98 Å². The van der Waals surface area contributed by atoms with Crippen LogP contribution in [0.3, 0.4) is 0 Å². The van der Waals surface area contributed by atoms with Crippen molar-refractivity contribution in [2.24, 2.45) is 11.3 Å². The zero-order valence-electron chi connectivity index (χ0n) is 11.7. The first-order valence-corrected chi connectivity index (χ1v) is 7.23. The molecule has 0 aromatic carbocycles. The van der Waals surface area contributed by atoms with E-state index >= 15 is 0 Å². The highest BCUT2D eigenvalue weighted by Crippen LogP contribution is 2.27. The van der Waals surface area contributed by atoms with Crippen molar-refractivity contribution in [1.29, 1.82) is 0 Å². The normalized spacial score (nSPS) is 15.9. The number of nitrogens with zero attached hydrogens (tertiary/aromatic N) is 1. The molecule has 0 bridgehead atoms. The van der Waals surface area contributed by atoms with Gasteiger partial charge >= 0.3 is 0 Å². The summed E-state index contributed by atoms with van der Waals surface area (Å²) in [5.74, 6) is 0.561. The second-order valence-electron chi connectivity index (χ2n) is 6.35. The molecule has 2 nitrogen and oxygen atoms in total. The molecular weight excluding hydrogens is 230 g/mol. The van der Waals surface area contributed by atoms with E-state index in [1.807, 2.05) is 12.3 Å². The molecule has 98 valence electrons. The zero-order chi connectivity index (χ0) is 13.1. The van der Waals surface area contributed by atoms with Crippen LogP contribution in [0.1, 0.15) is 51.2 Å². The highest BCUT2D eigenvalue weighted by molar-refractivity contribution is 7.09. The largest absolute Gasteiger partial charge is 0.393 e. The van der Waals surface area contributed by atoms with Crippen LogP contribution in [0.15, 0.2) is 5.38 Å². The van der Waals surface area contributed by atoms with Crippen LogP contribution < -0.4 is 0 Å². The molecule has 0 saturated carbocycles. The molecule has 3 heteroatoms. The third-order valence-electron chi connectivity index (χ3n) is 2.71. The van der Waals surface area contributed by atoms with Crippen molar-refractivity contribution in [2.45, 2.75) is 60.0 Å². The predicted octanol–water partition coefficient (Wildman–Crippen LogP) is 3.82. The number of hydrogen-bond donors (Lipinski definition) is 1. The smallest absolute Gasteiger partial charge is 0.0953 e. The third kappa shape index (κ3) is 6.18. The summed E-state index contributed by atoms with van der Waals surface area (Å²) in [5.41, 5.74) is 1.40. The van der Waals surface area contributed by atoms with E-state index in [1.165, 1.54) is 0 Å². The average Bonchev–Trinajstić information content (AvgIpc) is 2.46. The summed E-state index contributed by atoms with van der Waals surface area (Å²) >= 11 is 1.65. The first kappa shape index (κ1) is 14.7. The zero-order valence-corrected chi connectivity index (χ0v) is 12.5.